The molecule has 1 aliphatic rings. The van der Waals surface area contributed by atoms with Gasteiger partial charge >= 0.3 is 5.69 Å². The second-order valence-corrected chi connectivity index (χ2v) is 4.18. The number of hydrogen-bond acceptors (Lipinski definition) is 5. The Hall–Kier alpha value is -1.47. The lowest BCUT2D eigenvalue weighted by atomic mass is 9.86. The van der Waals surface area contributed by atoms with Gasteiger partial charge < -0.3 is 10.1 Å². The van der Waals surface area contributed by atoms with E-state index in [2.05, 4.69) is 10.4 Å². The van der Waals surface area contributed by atoms with Gasteiger partial charge in [0.1, 0.15) is 12.4 Å². The molecule has 0 amide bonds. The minimum Gasteiger partial charge on any atom is -0.380 e. The van der Waals surface area contributed by atoms with Crippen LogP contribution in [-0.4, -0.2) is 41.5 Å². The Balaban J connectivity index is 2.04. The number of nitro groups is 1. The summed E-state index contributed by atoms with van der Waals surface area (Å²) in [6, 6.07) is 0. The second kappa shape index (κ2) is 4.18. The molecule has 0 unspecified atom stereocenters. The van der Waals surface area contributed by atoms with Crippen molar-refractivity contribution in [3.63, 3.8) is 0 Å². The van der Waals surface area contributed by atoms with Gasteiger partial charge in [-0.25, -0.2) is 0 Å². The SMILES string of the molecule is CNCC1(Cn2cc([N+](=O)[O-])cn2)COC1. The molecule has 0 atom stereocenters. The van der Waals surface area contributed by atoms with Crippen LogP contribution >= 0.6 is 0 Å². The van der Waals surface area contributed by atoms with Gasteiger partial charge in [-0.3, -0.25) is 14.8 Å². The van der Waals surface area contributed by atoms with Crippen LogP contribution in [0.15, 0.2) is 12.4 Å². The van der Waals surface area contributed by atoms with E-state index < -0.39 is 4.92 Å². The third-order valence-electron chi connectivity index (χ3n) is 2.70. The zero-order chi connectivity index (χ0) is 11.6. The van der Waals surface area contributed by atoms with E-state index in [1.165, 1.54) is 12.4 Å². The maximum absolute atomic E-state index is 10.5. The molecule has 0 radical (unpaired) electrons. The van der Waals surface area contributed by atoms with Crippen molar-refractivity contribution in [2.45, 2.75) is 6.54 Å². The average Bonchev–Trinajstić information content (AvgIpc) is 2.63. The lowest BCUT2D eigenvalue weighted by molar-refractivity contribution is -0.385. The van der Waals surface area contributed by atoms with E-state index in [0.717, 1.165) is 6.54 Å². The maximum atomic E-state index is 10.5. The van der Waals surface area contributed by atoms with E-state index >= 15 is 0 Å². The van der Waals surface area contributed by atoms with Crippen molar-refractivity contribution in [2.24, 2.45) is 5.41 Å². The summed E-state index contributed by atoms with van der Waals surface area (Å²) in [5.41, 5.74) is 0.0501. The molecular weight excluding hydrogens is 212 g/mol. The van der Waals surface area contributed by atoms with Crippen LogP contribution in [0.3, 0.4) is 0 Å². The quantitative estimate of drug-likeness (QED) is 0.565. The third-order valence-corrected chi connectivity index (χ3v) is 2.70. The predicted octanol–water partition coefficient (Wildman–Crippen LogP) is 0.0273. The lowest BCUT2D eigenvalue weighted by Crippen LogP contribution is -2.51. The van der Waals surface area contributed by atoms with Crippen LogP contribution in [0.5, 0.6) is 0 Å². The van der Waals surface area contributed by atoms with E-state index in [4.69, 9.17) is 4.74 Å². The first kappa shape index (κ1) is 11.0. The highest BCUT2D eigenvalue weighted by Gasteiger charge is 2.38. The molecule has 1 aromatic heterocycles. The largest absolute Gasteiger partial charge is 0.380 e. The third kappa shape index (κ3) is 2.05. The number of nitrogens with one attached hydrogen (secondary N) is 1. The molecular formula is C9H14N4O3. The summed E-state index contributed by atoms with van der Waals surface area (Å²) >= 11 is 0. The highest BCUT2D eigenvalue weighted by atomic mass is 16.6. The lowest BCUT2D eigenvalue weighted by Gasteiger charge is -2.41. The maximum Gasteiger partial charge on any atom is 0.306 e. The highest BCUT2D eigenvalue weighted by molar-refractivity contribution is 5.20. The normalized spacial score (nSPS) is 18.1. The first-order valence-electron chi connectivity index (χ1n) is 5.04. The van der Waals surface area contributed by atoms with Crippen LogP contribution in [0.4, 0.5) is 5.69 Å². The summed E-state index contributed by atoms with van der Waals surface area (Å²) in [6.07, 6.45) is 2.72. The number of hydrogen-bond donors (Lipinski definition) is 1. The molecule has 1 aromatic rings. The van der Waals surface area contributed by atoms with Crippen molar-refractivity contribution in [1.82, 2.24) is 15.1 Å². The number of rotatable bonds is 5. The Bertz CT molecular complexity index is 386. The Labute approximate surface area is 92.5 Å². The molecule has 2 rings (SSSR count). The highest BCUT2D eigenvalue weighted by Crippen LogP contribution is 2.28. The van der Waals surface area contributed by atoms with E-state index in [0.29, 0.717) is 19.8 Å². The van der Waals surface area contributed by atoms with Crippen molar-refractivity contribution in [2.75, 3.05) is 26.8 Å². The standard InChI is InChI=1S/C9H14N4O3/c1-10-4-9(6-16-7-9)5-12-3-8(2-11-12)13(14)15/h2-3,10H,4-7H2,1H3. The summed E-state index contributed by atoms with van der Waals surface area (Å²) in [5, 5.41) is 17.6. The van der Waals surface area contributed by atoms with Crippen LogP contribution in [0, 0.1) is 15.5 Å². The van der Waals surface area contributed by atoms with Crippen molar-refractivity contribution >= 4 is 5.69 Å². The Morgan fingerprint density at radius 1 is 1.75 bits per heavy atom. The van der Waals surface area contributed by atoms with E-state index in [-0.39, 0.29) is 11.1 Å². The zero-order valence-electron chi connectivity index (χ0n) is 9.05. The number of nitrogens with zero attached hydrogens (tertiary/aromatic N) is 3. The molecule has 1 aliphatic heterocycles. The summed E-state index contributed by atoms with van der Waals surface area (Å²) in [7, 11) is 1.88. The van der Waals surface area contributed by atoms with Gasteiger partial charge in [-0.1, -0.05) is 0 Å². The fourth-order valence-electron chi connectivity index (χ4n) is 1.89. The molecule has 0 bridgehead atoms. The Morgan fingerprint density at radius 3 is 2.94 bits per heavy atom. The summed E-state index contributed by atoms with van der Waals surface area (Å²) < 4.78 is 6.81. The first-order chi connectivity index (χ1) is 7.65. The molecule has 0 aromatic carbocycles. The van der Waals surface area contributed by atoms with Crippen molar-refractivity contribution in [1.29, 1.82) is 0 Å². The van der Waals surface area contributed by atoms with Gasteiger partial charge in [0.2, 0.25) is 0 Å². The van der Waals surface area contributed by atoms with Crippen molar-refractivity contribution < 1.29 is 9.66 Å². The number of ether oxygens (including phenoxy) is 1. The van der Waals surface area contributed by atoms with Gasteiger partial charge in [0.05, 0.1) is 24.7 Å². The van der Waals surface area contributed by atoms with Gasteiger partial charge in [0.25, 0.3) is 0 Å². The smallest absolute Gasteiger partial charge is 0.306 e. The molecule has 88 valence electrons. The van der Waals surface area contributed by atoms with Gasteiger partial charge in [0.15, 0.2) is 0 Å². The van der Waals surface area contributed by atoms with Gasteiger partial charge in [0, 0.05) is 12.0 Å². The first-order valence-corrected chi connectivity index (χ1v) is 5.04. The van der Waals surface area contributed by atoms with Crippen molar-refractivity contribution in [3.05, 3.63) is 22.5 Å². The minimum atomic E-state index is -0.439. The van der Waals surface area contributed by atoms with Crippen molar-refractivity contribution in [3.8, 4) is 0 Å². The molecule has 1 fully saturated rings. The minimum absolute atomic E-state index is 0.0225. The molecule has 1 saturated heterocycles. The van der Waals surface area contributed by atoms with Crippen LogP contribution in [-0.2, 0) is 11.3 Å². The van der Waals surface area contributed by atoms with Crippen LogP contribution in [0.2, 0.25) is 0 Å². The zero-order valence-corrected chi connectivity index (χ0v) is 9.05. The fourth-order valence-corrected chi connectivity index (χ4v) is 1.89. The summed E-state index contributed by atoms with van der Waals surface area (Å²) in [5.74, 6) is 0. The van der Waals surface area contributed by atoms with Crippen LogP contribution in [0.1, 0.15) is 0 Å². The molecule has 0 saturated carbocycles. The monoisotopic (exact) mass is 226 g/mol. The molecule has 7 nitrogen and oxygen atoms in total. The van der Waals surface area contributed by atoms with Gasteiger partial charge in [-0.15, -0.1) is 0 Å². The average molecular weight is 226 g/mol. The van der Waals surface area contributed by atoms with Crippen LogP contribution in [0.25, 0.3) is 0 Å². The summed E-state index contributed by atoms with van der Waals surface area (Å²) in [4.78, 5) is 10.1. The predicted molar refractivity (Wildman–Crippen MR) is 56.1 cm³/mol. The van der Waals surface area contributed by atoms with Gasteiger partial charge in [-0.05, 0) is 7.05 Å². The van der Waals surface area contributed by atoms with Gasteiger partial charge in [-0.2, -0.15) is 5.10 Å². The Kier molecular flexibility index (Phi) is 2.88. The second-order valence-electron chi connectivity index (χ2n) is 4.18. The Morgan fingerprint density at radius 2 is 2.50 bits per heavy atom. The fraction of sp³-hybridized carbons (Fsp3) is 0.667. The molecule has 1 N–H and O–H groups in total. The van der Waals surface area contributed by atoms with Crippen LogP contribution < -0.4 is 5.32 Å². The molecule has 7 heteroatoms. The molecule has 0 aliphatic carbocycles. The van der Waals surface area contributed by atoms with E-state index in [9.17, 15) is 10.1 Å². The summed E-state index contributed by atoms with van der Waals surface area (Å²) in [6.45, 7) is 2.80. The number of aromatic nitrogens is 2. The van der Waals surface area contributed by atoms with E-state index in [1.807, 2.05) is 7.05 Å². The topological polar surface area (TPSA) is 82.2 Å². The molecule has 2 heterocycles. The molecule has 0 spiro atoms. The van der Waals surface area contributed by atoms with E-state index in [1.54, 1.807) is 4.68 Å². The molecule has 16 heavy (non-hydrogen) atoms.